The zero-order valence-electron chi connectivity index (χ0n) is 14.4. The van der Waals surface area contributed by atoms with Crippen molar-refractivity contribution in [3.05, 3.63) is 35.9 Å². The highest BCUT2D eigenvalue weighted by Crippen LogP contribution is 2.45. The third-order valence-electron chi connectivity index (χ3n) is 4.77. The van der Waals surface area contributed by atoms with Crippen LogP contribution in [0, 0.1) is 16.7 Å². The summed E-state index contributed by atoms with van der Waals surface area (Å²) in [6, 6.07) is 9.86. The molecule has 1 rings (SSSR count). The molecule has 0 aromatic heterocycles. The summed E-state index contributed by atoms with van der Waals surface area (Å²) < 4.78 is 5.63. The third kappa shape index (κ3) is 4.59. The molecule has 0 aliphatic rings. The lowest BCUT2D eigenvalue weighted by molar-refractivity contribution is -0.165. The Morgan fingerprint density at radius 2 is 1.71 bits per heavy atom. The molecule has 0 heterocycles. The molecule has 1 aromatic carbocycles. The second-order valence-electron chi connectivity index (χ2n) is 7.36. The van der Waals surface area contributed by atoms with Gasteiger partial charge in [0.15, 0.2) is 0 Å². The van der Waals surface area contributed by atoms with Crippen LogP contribution in [0.4, 0.5) is 0 Å². The normalized spacial score (nSPS) is 16.1. The maximum atomic E-state index is 12.7. The fraction of sp³-hybridized carbons (Fsp3) is 0.632. The monoisotopic (exact) mass is 290 g/mol. The molecule has 0 N–H and O–H groups in total. The fourth-order valence-electron chi connectivity index (χ4n) is 2.42. The molecule has 0 fully saturated rings. The van der Waals surface area contributed by atoms with Gasteiger partial charge < -0.3 is 4.74 Å². The number of hydrogen-bond acceptors (Lipinski definition) is 2. The summed E-state index contributed by atoms with van der Waals surface area (Å²) in [5.41, 5.74) is 0.451. The van der Waals surface area contributed by atoms with Gasteiger partial charge in [0, 0.05) is 0 Å². The summed E-state index contributed by atoms with van der Waals surface area (Å²) in [5, 5.41) is 0. The van der Waals surface area contributed by atoms with Crippen LogP contribution in [-0.4, -0.2) is 5.97 Å². The maximum absolute atomic E-state index is 12.7. The minimum absolute atomic E-state index is 0.0841. The Hall–Kier alpha value is -1.31. The SMILES string of the molecule is CCC(C)CC(C)(C(=O)OCc1ccccc1)C(C)(C)C. The molecule has 2 heteroatoms. The molecule has 118 valence electrons. The first-order valence-corrected chi connectivity index (χ1v) is 7.92. The van der Waals surface area contributed by atoms with E-state index in [9.17, 15) is 4.79 Å². The van der Waals surface area contributed by atoms with Crippen molar-refractivity contribution in [2.75, 3.05) is 0 Å². The van der Waals surface area contributed by atoms with Crippen molar-refractivity contribution in [2.45, 2.75) is 61.0 Å². The van der Waals surface area contributed by atoms with Crippen molar-refractivity contribution in [1.82, 2.24) is 0 Å². The quantitative estimate of drug-likeness (QED) is 0.671. The third-order valence-corrected chi connectivity index (χ3v) is 4.77. The van der Waals surface area contributed by atoms with E-state index in [0.29, 0.717) is 12.5 Å². The lowest BCUT2D eigenvalue weighted by Gasteiger charge is -2.41. The van der Waals surface area contributed by atoms with Crippen LogP contribution in [0.25, 0.3) is 0 Å². The van der Waals surface area contributed by atoms with Gasteiger partial charge in [-0.1, -0.05) is 71.4 Å². The van der Waals surface area contributed by atoms with E-state index in [0.717, 1.165) is 18.4 Å². The molecule has 0 aliphatic heterocycles. The number of benzene rings is 1. The van der Waals surface area contributed by atoms with Gasteiger partial charge >= 0.3 is 5.97 Å². The summed E-state index contributed by atoms with van der Waals surface area (Å²) in [6.07, 6.45) is 1.94. The van der Waals surface area contributed by atoms with E-state index in [-0.39, 0.29) is 11.4 Å². The van der Waals surface area contributed by atoms with Crippen LogP contribution in [0.1, 0.15) is 59.9 Å². The van der Waals surface area contributed by atoms with Crippen molar-refractivity contribution >= 4 is 5.97 Å². The molecule has 2 nitrogen and oxygen atoms in total. The Morgan fingerprint density at radius 3 is 2.19 bits per heavy atom. The Morgan fingerprint density at radius 1 is 1.14 bits per heavy atom. The summed E-state index contributed by atoms with van der Waals surface area (Å²) in [6.45, 7) is 13.1. The molecule has 21 heavy (non-hydrogen) atoms. The average molecular weight is 290 g/mol. The van der Waals surface area contributed by atoms with Gasteiger partial charge in [-0.25, -0.2) is 0 Å². The van der Waals surface area contributed by atoms with E-state index in [1.54, 1.807) is 0 Å². The Bertz CT molecular complexity index is 444. The molecular weight excluding hydrogens is 260 g/mol. The first-order valence-electron chi connectivity index (χ1n) is 7.92. The van der Waals surface area contributed by atoms with Crippen LogP contribution in [0.2, 0.25) is 0 Å². The highest BCUT2D eigenvalue weighted by molar-refractivity contribution is 5.77. The van der Waals surface area contributed by atoms with Crippen molar-refractivity contribution in [3.8, 4) is 0 Å². The summed E-state index contributed by atoms with van der Waals surface area (Å²) in [4.78, 5) is 12.7. The molecule has 2 atom stereocenters. The maximum Gasteiger partial charge on any atom is 0.312 e. The van der Waals surface area contributed by atoms with Gasteiger partial charge in [-0.2, -0.15) is 0 Å². The molecule has 0 spiro atoms. The Balaban J connectivity index is 2.81. The van der Waals surface area contributed by atoms with Gasteiger partial charge in [0.05, 0.1) is 5.41 Å². The van der Waals surface area contributed by atoms with Crippen molar-refractivity contribution in [2.24, 2.45) is 16.7 Å². The predicted molar refractivity (Wildman–Crippen MR) is 87.9 cm³/mol. The van der Waals surface area contributed by atoms with Gasteiger partial charge in [0.2, 0.25) is 0 Å². The minimum Gasteiger partial charge on any atom is -0.460 e. The topological polar surface area (TPSA) is 26.3 Å². The molecule has 0 bridgehead atoms. The Labute approximate surface area is 129 Å². The van der Waals surface area contributed by atoms with Crippen molar-refractivity contribution in [3.63, 3.8) is 0 Å². The van der Waals surface area contributed by atoms with Crippen molar-refractivity contribution < 1.29 is 9.53 Å². The molecular formula is C19H30O2. The second-order valence-corrected chi connectivity index (χ2v) is 7.36. The van der Waals surface area contributed by atoms with Gasteiger partial charge in [-0.05, 0) is 30.2 Å². The zero-order valence-corrected chi connectivity index (χ0v) is 14.4. The van der Waals surface area contributed by atoms with Crippen LogP contribution in [0.15, 0.2) is 30.3 Å². The van der Waals surface area contributed by atoms with Crippen LogP contribution < -0.4 is 0 Å². The molecule has 0 aliphatic carbocycles. The highest BCUT2D eigenvalue weighted by Gasteiger charge is 2.46. The molecule has 1 aromatic rings. The zero-order chi connectivity index (χ0) is 16.1. The number of ether oxygens (including phenoxy) is 1. The lowest BCUT2D eigenvalue weighted by Crippen LogP contribution is -2.42. The number of carbonyl (C=O) groups is 1. The van der Waals surface area contributed by atoms with Gasteiger partial charge in [0.25, 0.3) is 0 Å². The van der Waals surface area contributed by atoms with Gasteiger partial charge in [-0.3, -0.25) is 4.79 Å². The van der Waals surface area contributed by atoms with Crippen LogP contribution in [-0.2, 0) is 16.1 Å². The summed E-state index contributed by atoms with van der Waals surface area (Å²) in [5.74, 6) is 0.428. The van der Waals surface area contributed by atoms with Gasteiger partial charge in [-0.15, -0.1) is 0 Å². The molecule has 2 unspecified atom stereocenters. The summed E-state index contributed by atoms with van der Waals surface area (Å²) >= 11 is 0. The smallest absolute Gasteiger partial charge is 0.312 e. The molecule has 0 radical (unpaired) electrons. The fourth-order valence-corrected chi connectivity index (χ4v) is 2.42. The van der Waals surface area contributed by atoms with E-state index in [1.165, 1.54) is 0 Å². The first kappa shape index (κ1) is 17.7. The van der Waals surface area contributed by atoms with Gasteiger partial charge in [0.1, 0.15) is 6.61 Å². The van der Waals surface area contributed by atoms with Crippen molar-refractivity contribution in [1.29, 1.82) is 0 Å². The van der Waals surface area contributed by atoms with E-state index >= 15 is 0 Å². The number of carbonyl (C=O) groups excluding carboxylic acids is 1. The first-order chi connectivity index (χ1) is 9.70. The molecule has 0 saturated carbocycles. The van der Waals surface area contributed by atoms with E-state index < -0.39 is 5.41 Å². The number of rotatable bonds is 6. The van der Waals surface area contributed by atoms with Crippen LogP contribution in [0.5, 0.6) is 0 Å². The highest BCUT2D eigenvalue weighted by atomic mass is 16.5. The van der Waals surface area contributed by atoms with E-state index in [2.05, 4.69) is 34.6 Å². The average Bonchev–Trinajstić information content (AvgIpc) is 2.44. The van der Waals surface area contributed by atoms with E-state index in [1.807, 2.05) is 37.3 Å². The molecule has 0 amide bonds. The summed E-state index contributed by atoms with van der Waals surface area (Å²) in [7, 11) is 0. The standard InChI is InChI=1S/C19H30O2/c1-7-15(2)13-19(6,18(3,4)5)17(20)21-14-16-11-9-8-10-12-16/h8-12,15H,7,13-14H2,1-6H3. The minimum atomic E-state index is -0.461. The Kier molecular flexibility index (Phi) is 6.00. The van der Waals surface area contributed by atoms with Crippen LogP contribution >= 0.6 is 0 Å². The lowest BCUT2D eigenvalue weighted by atomic mass is 9.63. The van der Waals surface area contributed by atoms with Crippen LogP contribution in [0.3, 0.4) is 0 Å². The second kappa shape index (κ2) is 7.11. The number of hydrogen-bond donors (Lipinski definition) is 0. The van der Waals surface area contributed by atoms with E-state index in [4.69, 9.17) is 4.74 Å². The number of esters is 1. The largest absolute Gasteiger partial charge is 0.460 e. The predicted octanol–water partition coefficient (Wildman–Crippen LogP) is 5.22. The molecule has 0 saturated heterocycles.